The van der Waals surface area contributed by atoms with Crippen LogP contribution in [0.2, 0.25) is 0 Å². The first-order chi connectivity index (χ1) is 6.67. The van der Waals surface area contributed by atoms with Gasteiger partial charge in [0.05, 0.1) is 0 Å². The van der Waals surface area contributed by atoms with Crippen molar-refractivity contribution in [1.82, 2.24) is 0 Å². The molecular formula is C14H24. The van der Waals surface area contributed by atoms with Crippen molar-refractivity contribution in [2.45, 2.75) is 47.5 Å². The van der Waals surface area contributed by atoms with E-state index >= 15 is 0 Å². The molecule has 0 bridgehead atoms. The lowest BCUT2D eigenvalue weighted by Crippen LogP contribution is -1.95. The molecular weight excluding hydrogens is 168 g/mol. The van der Waals surface area contributed by atoms with Crippen molar-refractivity contribution in [3.63, 3.8) is 0 Å². The molecule has 0 aromatic rings. The molecule has 0 aliphatic rings. The van der Waals surface area contributed by atoms with Crippen molar-refractivity contribution < 1.29 is 0 Å². The van der Waals surface area contributed by atoms with Crippen LogP contribution in [0.3, 0.4) is 0 Å². The number of rotatable bonds is 5. The highest BCUT2D eigenvalue weighted by molar-refractivity contribution is 5.40. The van der Waals surface area contributed by atoms with Gasteiger partial charge in [-0.25, -0.2) is 0 Å². The second-order valence-corrected chi connectivity index (χ2v) is 3.83. The van der Waals surface area contributed by atoms with Gasteiger partial charge >= 0.3 is 0 Å². The van der Waals surface area contributed by atoms with Crippen molar-refractivity contribution in [1.29, 1.82) is 0 Å². The minimum Gasteiger partial charge on any atom is -0.0840 e. The van der Waals surface area contributed by atoms with Gasteiger partial charge in [0.1, 0.15) is 0 Å². The monoisotopic (exact) mass is 192 g/mol. The second kappa shape index (κ2) is 7.61. The van der Waals surface area contributed by atoms with Gasteiger partial charge in [-0.2, -0.15) is 0 Å². The lowest BCUT2D eigenvalue weighted by molar-refractivity contribution is 0.780. The van der Waals surface area contributed by atoms with Crippen molar-refractivity contribution >= 4 is 0 Å². The summed E-state index contributed by atoms with van der Waals surface area (Å²) in [5.74, 6) is 0.609. The van der Waals surface area contributed by atoms with Crippen LogP contribution in [0, 0.1) is 5.92 Å². The van der Waals surface area contributed by atoms with Gasteiger partial charge in [-0.15, -0.1) is 0 Å². The van der Waals surface area contributed by atoms with Gasteiger partial charge in [0.25, 0.3) is 0 Å². The Kier molecular flexibility index (Phi) is 7.18. The predicted octanol–water partition coefficient (Wildman–Crippen LogP) is 4.89. The Balaban J connectivity index is 4.57. The second-order valence-electron chi connectivity index (χ2n) is 3.83. The molecule has 0 spiro atoms. The van der Waals surface area contributed by atoms with E-state index in [9.17, 15) is 0 Å². The van der Waals surface area contributed by atoms with E-state index in [0.29, 0.717) is 5.92 Å². The van der Waals surface area contributed by atoms with Crippen LogP contribution in [0.1, 0.15) is 47.5 Å². The van der Waals surface area contributed by atoms with Crippen LogP contribution in [0.15, 0.2) is 35.5 Å². The highest BCUT2D eigenvalue weighted by Crippen LogP contribution is 2.20. The van der Waals surface area contributed by atoms with E-state index in [1.807, 2.05) is 0 Å². The van der Waals surface area contributed by atoms with E-state index in [1.54, 1.807) is 0 Å². The number of hydrogen-bond acceptors (Lipinski definition) is 0. The fraction of sp³-hybridized carbons (Fsp3) is 0.571. The van der Waals surface area contributed by atoms with Crippen LogP contribution >= 0.6 is 0 Å². The zero-order valence-corrected chi connectivity index (χ0v) is 10.3. The van der Waals surface area contributed by atoms with Gasteiger partial charge in [0.2, 0.25) is 0 Å². The molecule has 0 aromatic heterocycles. The summed E-state index contributed by atoms with van der Waals surface area (Å²) in [7, 11) is 0. The van der Waals surface area contributed by atoms with Crippen LogP contribution in [0.5, 0.6) is 0 Å². The van der Waals surface area contributed by atoms with E-state index in [2.05, 4.69) is 58.9 Å². The third-order valence-corrected chi connectivity index (χ3v) is 2.33. The fourth-order valence-corrected chi connectivity index (χ4v) is 1.57. The molecule has 0 aliphatic heterocycles. The summed E-state index contributed by atoms with van der Waals surface area (Å²) < 4.78 is 0. The molecule has 0 amide bonds. The Labute approximate surface area is 89.4 Å². The molecule has 0 heterocycles. The van der Waals surface area contributed by atoms with Gasteiger partial charge in [-0.3, -0.25) is 0 Å². The fourth-order valence-electron chi connectivity index (χ4n) is 1.57. The number of unbranched alkanes of at least 4 members (excludes halogenated alkanes) is 1. The van der Waals surface area contributed by atoms with Crippen LogP contribution < -0.4 is 0 Å². The van der Waals surface area contributed by atoms with Crippen molar-refractivity contribution in [3.05, 3.63) is 35.5 Å². The molecule has 0 fully saturated rings. The summed E-state index contributed by atoms with van der Waals surface area (Å²) in [6.45, 7) is 10.9. The summed E-state index contributed by atoms with van der Waals surface area (Å²) in [5, 5.41) is 0. The van der Waals surface area contributed by atoms with Gasteiger partial charge in [-0.1, -0.05) is 51.5 Å². The van der Waals surface area contributed by atoms with E-state index in [-0.39, 0.29) is 0 Å². The molecule has 0 saturated carbocycles. The standard InChI is InChI=1S/C14H24/c1-6-9-10-11-13(7-2)14(8-3)12(4)5/h7-8,10-12H,6,9H2,1-5H3/b11-10-,13-7+,14-8+. The topological polar surface area (TPSA) is 0 Å². The smallest absolute Gasteiger partial charge is 0.0216 e. The van der Waals surface area contributed by atoms with Crippen LogP contribution in [0.25, 0.3) is 0 Å². The summed E-state index contributed by atoms with van der Waals surface area (Å²) in [6, 6.07) is 0. The molecule has 0 aliphatic carbocycles. The first-order valence-electron chi connectivity index (χ1n) is 5.66. The van der Waals surface area contributed by atoms with E-state index < -0.39 is 0 Å². The summed E-state index contributed by atoms with van der Waals surface area (Å²) in [4.78, 5) is 0. The molecule has 0 nitrogen and oxygen atoms in total. The maximum atomic E-state index is 2.27. The highest BCUT2D eigenvalue weighted by atomic mass is 14.1. The minimum absolute atomic E-state index is 0.609. The molecule has 0 radical (unpaired) electrons. The first kappa shape index (κ1) is 13.2. The Morgan fingerprint density at radius 3 is 2.14 bits per heavy atom. The van der Waals surface area contributed by atoms with E-state index in [0.717, 1.165) is 0 Å². The Hall–Kier alpha value is -0.780. The van der Waals surface area contributed by atoms with Crippen molar-refractivity contribution in [3.8, 4) is 0 Å². The first-order valence-corrected chi connectivity index (χ1v) is 5.66. The molecule has 0 unspecified atom stereocenters. The molecule has 0 rings (SSSR count). The SMILES string of the molecule is C/C=C(\C=C/CCC)C(=C/C)/C(C)C. The Bertz CT molecular complexity index is 226. The van der Waals surface area contributed by atoms with Gasteiger partial charge in [0, 0.05) is 0 Å². The molecule has 0 saturated heterocycles. The molecule has 14 heavy (non-hydrogen) atoms. The normalized spacial score (nSPS) is 14.4. The van der Waals surface area contributed by atoms with Crippen LogP contribution in [-0.4, -0.2) is 0 Å². The van der Waals surface area contributed by atoms with Gasteiger partial charge in [-0.05, 0) is 37.3 Å². The maximum Gasteiger partial charge on any atom is -0.0216 e. The predicted molar refractivity (Wildman–Crippen MR) is 66.4 cm³/mol. The van der Waals surface area contributed by atoms with Gasteiger partial charge < -0.3 is 0 Å². The van der Waals surface area contributed by atoms with Gasteiger partial charge in [0.15, 0.2) is 0 Å². The number of hydrogen-bond donors (Lipinski definition) is 0. The molecule has 0 heteroatoms. The van der Waals surface area contributed by atoms with Crippen molar-refractivity contribution in [2.24, 2.45) is 5.92 Å². The van der Waals surface area contributed by atoms with Crippen LogP contribution in [0.4, 0.5) is 0 Å². The maximum absolute atomic E-state index is 2.27. The largest absolute Gasteiger partial charge is 0.0840 e. The quantitative estimate of drug-likeness (QED) is 0.544. The third-order valence-electron chi connectivity index (χ3n) is 2.33. The number of allylic oxidation sites excluding steroid dienone is 6. The summed E-state index contributed by atoms with van der Waals surface area (Å²) >= 11 is 0. The van der Waals surface area contributed by atoms with E-state index in [4.69, 9.17) is 0 Å². The summed E-state index contributed by atoms with van der Waals surface area (Å²) in [6.07, 6.45) is 11.3. The lowest BCUT2D eigenvalue weighted by atomic mass is 9.94. The van der Waals surface area contributed by atoms with E-state index in [1.165, 1.54) is 24.0 Å². The molecule has 0 N–H and O–H groups in total. The zero-order chi connectivity index (χ0) is 11.0. The zero-order valence-electron chi connectivity index (χ0n) is 10.3. The minimum atomic E-state index is 0.609. The Morgan fingerprint density at radius 2 is 1.79 bits per heavy atom. The molecule has 0 aromatic carbocycles. The Morgan fingerprint density at radius 1 is 1.14 bits per heavy atom. The van der Waals surface area contributed by atoms with Crippen LogP contribution in [-0.2, 0) is 0 Å². The summed E-state index contributed by atoms with van der Waals surface area (Å²) in [5.41, 5.74) is 2.82. The molecule has 0 atom stereocenters. The third kappa shape index (κ3) is 4.45. The molecule has 80 valence electrons. The van der Waals surface area contributed by atoms with Crippen molar-refractivity contribution in [2.75, 3.05) is 0 Å². The highest BCUT2D eigenvalue weighted by Gasteiger charge is 2.04. The lowest BCUT2D eigenvalue weighted by Gasteiger charge is -2.11. The average molecular weight is 192 g/mol. The average Bonchev–Trinajstić information content (AvgIpc) is 2.16.